The molecule has 0 radical (unpaired) electrons. The molecule has 0 atom stereocenters. The Bertz CT molecular complexity index is 866. The summed E-state index contributed by atoms with van der Waals surface area (Å²) in [5, 5.41) is 2.00. The quantitative estimate of drug-likeness (QED) is 0.503. The van der Waals surface area contributed by atoms with Crippen molar-refractivity contribution in [2.24, 2.45) is 0 Å². The van der Waals surface area contributed by atoms with E-state index in [0.29, 0.717) is 37.6 Å². The first-order valence-electron chi connectivity index (χ1n) is 10.2. The lowest BCUT2D eigenvalue weighted by molar-refractivity contribution is -0.140. The number of carbonyl (C=O) groups excluding carboxylic acids is 2. The molecule has 160 valence electrons. The van der Waals surface area contributed by atoms with Crippen LogP contribution in [-0.4, -0.2) is 41.5 Å². The van der Waals surface area contributed by atoms with Gasteiger partial charge in [-0.15, -0.1) is 17.9 Å². The third-order valence-corrected chi connectivity index (χ3v) is 5.72. The molecule has 2 heterocycles. The van der Waals surface area contributed by atoms with E-state index >= 15 is 0 Å². The summed E-state index contributed by atoms with van der Waals surface area (Å²) in [6.07, 6.45) is 3.87. The molecule has 2 amide bonds. The van der Waals surface area contributed by atoms with E-state index in [1.54, 1.807) is 27.2 Å². The summed E-state index contributed by atoms with van der Waals surface area (Å²) in [6, 6.07) is 9.70. The number of benzene rings is 1. The second-order valence-corrected chi connectivity index (χ2v) is 8.22. The van der Waals surface area contributed by atoms with Gasteiger partial charge in [-0.3, -0.25) is 9.59 Å². The standard InChI is InChI=1S/C23H28N2O4S/c1-3-5-8-22(26)24(11-4-2)16-23(27)25(15-19-7-6-12-30-19)14-18-9-10-20-21(13-18)29-17-28-20/h4,6-7,9-10,12-13H,2-3,5,8,11,14-17H2,1H3. The Kier molecular flexibility index (Phi) is 7.90. The van der Waals surface area contributed by atoms with Gasteiger partial charge in [0, 0.05) is 24.4 Å². The summed E-state index contributed by atoms with van der Waals surface area (Å²) in [5.41, 5.74) is 0.955. The number of unbranched alkanes of at least 4 members (excludes halogenated alkanes) is 1. The predicted molar refractivity (Wildman–Crippen MR) is 117 cm³/mol. The van der Waals surface area contributed by atoms with Gasteiger partial charge in [-0.1, -0.05) is 31.6 Å². The van der Waals surface area contributed by atoms with Crippen molar-refractivity contribution in [3.8, 4) is 11.5 Å². The number of hydrogen-bond acceptors (Lipinski definition) is 5. The molecule has 0 fully saturated rings. The zero-order chi connectivity index (χ0) is 21.3. The fraction of sp³-hybridized carbons (Fsp3) is 0.391. The third-order valence-electron chi connectivity index (χ3n) is 4.86. The lowest BCUT2D eigenvalue weighted by Crippen LogP contribution is -2.42. The summed E-state index contributed by atoms with van der Waals surface area (Å²) >= 11 is 1.61. The van der Waals surface area contributed by atoms with Crippen LogP contribution in [0.4, 0.5) is 0 Å². The molecule has 0 bridgehead atoms. The van der Waals surface area contributed by atoms with Crippen LogP contribution in [0, 0.1) is 0 Å². The highest BCUT2D eigenvalue weighted by Crippen LogP contribution is 2.33. The minimum absolute atomic E-state index is 0.00995. The van der Waals surface area contributed by atoms with Gasteiger partial charge < -0.3 is 19.3 Å². The summed E-state index contributed by atoms with van der Waals surface area (Å²) in [4.78, 5) is 30.2. The molecule has 0 saturated heterocycles. The summed E-state index contributed by atoms with van der Waals surface area (Å²) in [7, 11) is 0. The Morgan fingerprint density at radius 3 is 2.70 bits per heavy atom. The average molecular weight is 429 g/mol. The van der Waals surface area contributed by atoms with E-state index in [-0.39, 0.29) is 25.2 Å². The highest BCUT2D eigenvalue weighted by atomic mass is 32.1. The first-order valence-corrected chi connectivity index (χ1v) is 11.1. The number of nitrogens with zero attached hydrogens (tertiary/aromatic N) is 2. The summed E-state index contributed by atoms with van der Waals surface area (Å²) in [5.74, 6) is 1.31. The minimum Gasteiger partial charge on any atom is -0.454 e. The van der Waals surface area contributed by atoms with Gasteiger partial charge in [0.2, 0.25) is 18.6 Å². The molecule has 2 aromatic rings. The van der Waals surface area contributed by atoms with E-state index in [0.717, 1.165) is 23.3 Å². The van der Waals surface area contributed by atoms with Gasteiger partial charge in [0.05, 0.1) is 6.54 Å². The number of amides is 2. The molecule has 7 heteroatoms. The van der Waals surface area contributed by atoms with Crippen molar-refractivity contribution in [2.75, 3.05) is 19.9 Å². The Morgan fingerprint density at radius 1 is 1.13 bits per heavy atom. The number of thiophene rings is 1. The van der Waals surface area contributed by atoms with E-state index in [4.69, 9.17) is 9.47 Å². The number of fused-ring (bicyclic) bond motifs is 1. The monoisotopic (exact) mass is 428 g/mol. The second-order valence-electron chi connectivity index (χ2n) is 7.18. The van der Waals surface area contributed by atoms with Crippen LogP contribution in [0.2, 0.25) is 0 Å². The van der Waals surface area contributed by atoms with Crippen molar-refractivity contribution in [2.45, 2.75) is 39.3 Å². The van der Waals surface area contributed by atoms with Crippen molar-refractivity contribution in [1.29, 1.82) is 0 Å². The van der Waals surface area contributed by atoms with Crippen molar-refractivity contribution in [1.82, 2.24) is 9.80 Å². The fourth-order valence-corrected chi connectivity index (χ4v) is 3.96. The van der Waals surface area contributed by atoms with Crippen molar-refractivity contribution in [3.63, 3.8) is 0 Å². The molecular formula is C23H28N2O4S. The zero-order valence-electron chi connectivity index (χ0n) is 17.3. The lowest BCUT2D eigenvalue weighted by Gasteiger charge is -2.27. The molecule has 1 aliphatic rings. The summed E-state index contributed by atoms with van der Waals surface area (Å²) < 4.78 is 10.8. The van der Waals surface area contributed by atoms with E-state index in [1.807, 2.05) is 42.6 Å². The molecule has 0 unspecified atom stereocenters. The predicted octanol–water partition coefficient (Wildman–Crippen LogP) is 4.21. The first kappa shape index (κ1) is 21.9. The van der Waals surface area contributed by atoms with Crippen LogP contribution in [0.1, 0.15) is 36.6 Å². The highest BCUT2D eigenvalue weighted by Gasteiger charge is 2.22. The molecule has 1 aromatic carbocycles. The zero-order valence-corrected chi connectivity index (χ0v) is 18.2. The van der Waals surface area contributed by atoms with Gasteiger partial charge in [0.15, 0.2) is 11.5 Å². The largest absolute Gasteiger partial charge is 0.454 e. The van der Waals surface area contributed by atoms with Gasteiger partial charge in [0.1, 0.15) is 6.54 Å². The smallest absolute Gasteiger partial charge is 0.242 e. The van der Waals surface area contributed by atoms with E-state index in [2.05, 4.69) is 6.58 Å². The number of hydrogen-bond donors (Lipinski definition) is 0. The topological polar surface area (TPSA) is 59.1 Å². The number of carbonyl (C=O) groups is 2. The van der Waals surface area contributed by atoms with E-state index < -0.39 is 0 Å². The van der Waals surface area contributed by atoms with Crippen molar-refractivity contribution >= 4 is 23.2 Å². The molecule has 0 spiro atoms. The normalized spacial score (nSPS) is 11.9. The highest BCUT2D eigenvalue weighted by molar-refractivity contribution is 7.09. The maximum atomic E-state index is 13.2. The van der Waals surface area contributed by atoms with Crippen LogP contribution >= 0.6 is 11.3 Å². The second kappa shape index (κ2) is 10.8. The van der Waals surface area contributed by atoms with Gasteiger partial charge in [-0.05, 0) is 35.6 Å². The molecule has 30 heavy (non-hydrogen) atoms. The number of rotatable bonds is 11. The van der Waals surface area contributed by atoms with Gasteiger partial charge in [-0.25, -0.2) is 0 Å². The van der Waals surface area contributed by atoms with Crippen LogP contribution in [0.15, 0.2) is 48.4 Å². The van der Waals surface area contributed by atoms with E-state index in [1.165, 1.54) is 0 Å². The lowest BCUT2D eigenvalue weighted by atomic mass is 10.1. The SMILES string of the molecule is C=CCN(CC(=O)N(Cc1ccc2c(c1)OCO2)Cc1cccs1)C(=O)CCCC. The molecule has 3 rings (SSSR count). The van der Waals surface area contributed by atoms with Crippen LogP contribution < -0.4 is 9.47 Å². The minimum atomic E-state index is -0.0900. The van der Waals surface area contributed by atoms with Crippen LogP contribution in [0.25, 0.3) is 0 Å². The summed E-state index contributed by atoms with van der Waals surface area (Å²) in [6.45, 7) is 7.33. The molecule has 1 aromatic heterocycles. The first-order chi connectivity index (χ1) is 14.6. The van der Waals surface area contributed by atoms with Crippen molar-refractivity contribution in [3.05, 3.63) is 58.8 Å². The van der Waals surface area contributed by atoms with Crippen LogP contribution in [0.3, 0.4) is 0 Å². The Labute approximate surface area is 181 Å². The third kappa shape index (κ3) is 5.86. The molecule has 1 aliphatic heterocycles. The molecule has 0 saturated carbocycles. The van der Waals surface area contributed by atoms with Gasteiger partial charge in [0.25, 0.3) is 0 Å². The van der Waals surface area contributed by atoms with Crippen LogP contribution in [-0.2, 0) is 22.7 Å². The maximum absolute atomic E-state index is 13.2. The molecule has 0 N–H and O–H groups in total. The Morgan fingerprint density at radius 2 is 1.97 bits per heavy atom. The van der Waals surface area contributed by atoms with Gasteiger partial charge in [-0.2, -0.15) is 0 Å². The van der Waals surface area contributed by atoms with E-state index in [9.17, 15) is 9.59 Å². The molecule has 6 nitrogen and oxygen atoms in total. The fourth-order valence-electron chi connectivity index (χ4n) is 3.24. The molecule has 0 aliphatic carbocycles. The Hall–Kier alpha value is -2.80. The maximum Gasteiger partial charge on any atom is 0.242 e. The van der Waals surface area contributed by atoms with Gasteiger partial charge >= 0.3 is 0 Å². The molecular weight excluding hydrogens is 400 g/mol. The average Bonchev–Trinajstić information content (AvgIpc) is 3.42. The van der Waals surface area contributed by atoms with Crippen molar-refractivity contribution < 1.29 is 19.1 Å². The Balaban J connectivity index is 1.74. The van der Waals surface area contributed by atoms with Crippen LogP contribution in [0.5, 0.6) is 11.5 Å². The number of ether oxygens (including phenoxy) is 2.